The van der Waals surface area contributed by atoms with Crippen LogP contribution in [0.15, 0.2) is 42.5 Å². The number of aryl methyl sites for hydroxylation is 2. The minimum Gasteiger partial charge on any atom is -0.399 e. The van der Waals surface area contributed by atoms with Crippen molar-refractivity contribution in [3.63, 3.8) is 0 Å². The molecule has 2 aromatic carbocycles. The molecule has 0 saturated carbocycles. The van der Waals surface area contributed by atoms with Gasteiger partial charge in [0, 0.05) is 17.9 Å². The molecule has 21 heavy (non-hydrogen) atoms. The summed E-state index contributed by atoms with van der Waals surface area (Å²) in [5.74, 6) is 0.146. The molecule has 2 aromatic rings. The Morgan fingerprint density at radius 2 is 2.10 bits per heavy atom. The molecule has 2 N–H and O–H groups in total. The molecular weight excluding hydrogens is 260 g/mol. The van der Waals surface area contributed by atoms with E-state index in [1.807, 2.05) is 48.2 Å². The molecule has 1 heterocycles. The molecule has 0 atom stereocenters. The molecule has 3 nitrogen and oxygen atoms in total. The van der Waals surface area contributed by atoms with Crippen LogP contribution in [0.25, 0.3) is 0 Å². The Labute approximate surface area is 125 Å². The van der Waals surface area contributed by atoms with Gasteiger partial charge in [-0.3, -0.25) is 4.79 Å². The van der Waals surface area contributed by atoms with E-state index in [4.69, 9.17) is 5.73 Å². The number of benzene rings is 2. The van der Waals surface area contributed by atoms with Crippen LogP contribution in [-0.2, 0) is 17.6 Å². The summed E-state index contributed by atoms with van der Waals surface area (Å²) < 4.78 is 0. The summed E-state index contributed by atoms with van der Waals surface area (Å²) in [6, 6.07) is 14.0. The lowest BCUT2D eigenvalue weighted by Crippen LogP contribution is -2.36. The van der Waals surface area contributed by atoms with Crippen molar-refractivity contribution in [2.75, 3.05) is 17.2 Å². The van der Waals surface area contributed by atoms with Gasteiger partial charge in [-0.25, -0.2) is 0 Å². The molecule has 108 valence electrons. The first kappa shape index (κ1) is 13.7. The Bertz CT molecular complexity index is 679. The van der Waals surface area contributed by atoms with Gasteiger partial charge in [-0.15, -0.1) is 0 Å². The van der Waals surface area contributed by atoms with Crippen molar-refractivity contribution in [3.05, 3.63) is 59.2 Å². The molecule has 0 spiro atoms. The maximum atomic E-state index is 12.6. The van der Waals surface area contributed by atoms with Crippen LogP contribution in [0.3, 0.4) is 0 Å². The Hall–Kier alpha value is -2.29. The van der Waals surface area contributed by atoms with Gasteiger partial charge in [-0.1, -0.05) is 35.9 Å². The maximum absolute atomic E-state index is 12.6. The van der Waals surface area contributed by atoms with E-state index in [1.165, 1.54) is 11.1 Å². The van der Waals surface area contributed by atoms with Gasteiger partial charge in [0.2, 0.25) is 5.91 Å². The summed E-state index contributed by atoms with van der Waals surface area (Å²) in [5, 5.41) is 0. The summed E-state index contributed by atoms with van der Waals surface area (Å²) in [6.07, 6.45) is 2.47. The van der Waals surface area contributed by atoms with Gasteiger partial charge in [-0.2, -0.15) is 0 Å². The molecule has 0 aromatic heterocycles. The summed E-state index contributed by atoms with van der Waals surface area (Å²) in [4.78, 5) is 14.5. The smallest absolute Gasteiger partial charge is 0.231 e. The van der Waals surface area contributed by atoms with Gasteiger partial charge in [0.05, 0.1) is 6.42 Å². The summed E-state index contributed by atoms with van der Waals surface area (Å²) >= 11 is 0. The topological polar surface area (TPSA) is 46.3 Å². The van der Waals surface area contributed by atoms with Crippen LogP contribution < -0.4 is 10.6 Å². The molecule has 0 radical (unpaired) electrons. The molecular formula is C18H20N2O. The van der Waals surface area contributed by atoms with Crippen molar-refractivity contribution < 1.29 is 4.79 Å². The second kappa shape index (κ2) is 5.60. The summed E-state index contributed by atoms with van der Waals surface area (Å²) in [6.45, 7) is 2.83. The minimum absolute atomic E-state index is 0.146. The minimum atomic E-state index is 0.146. The summed E-state index contributed by atoms with van der Waals surface area (Å²) in [5.41, 5.74) is 11.0. The van der Waals surface area contributed by atoms with Gasteiger partial charge in [0.1, 0.15) is 0 Å². The Morgan fingerprint density at radius 1 is 1.24 bits per heavy atom. The second-order valence-corrected chi connectivity index (χ2v) is 5.70. The average molecular weight is 280 g/mol. The zero-order valence-corrected chi connectivity index (χ0v) is 12.3. The predicted octanol–water partition coefficient (Wildman–Crippen LogP) is 3.10. The van der Waals surface area contributed by atoms with Crippen LogP contribution in [0.2, 0.25) is 0 Å². The lowest BCUT2D eigenvalue weighted by Gasteiger charge is -2.30. The fourth-order valence-corrected chi connectivity index (χ4v) is 2.94. The van der Waals surface area contributed by atoms with E-state index in [1.54, 1.807) is 0 Å². The number of rotatable bonds is 2. The van der Waals surface area contributed by atoms with Crippen LogP contribution in [0.5, 0.6) is 0 Å². The molecule has 0 saturated heterocycles. The third kappa shape index (κ3) is 2.92. The zero-order chi connectivity index (χ0) is 14.8. The van der Waals surface area contributed by atoms with E-state index in [-0.39, 0.29) is 5.91 Å². The predicted molar refractivity (Wildman–Crippen MR) is 86.4 cm³/mol. The lowest BCUT2D eigenvalue weighted by molar-refractivity contribution is -0.118. The van der Waals surface area contributed by atoms with E-state index in [0.717, 1.165) is 30.6 Å². The van der Waals surface area contributed by atoms with Crippen molar-refractivity contribution >= 4 is 17.3 Å². The average Bonchev–Trinajstić information content (AvgIpc) is 2.46. The highest BCUT2D eigenvalue weighted by Gasteiger charge is 2.22. The Balaban J connectivity index is 1.85. The number of amides is 1. The highest BCUT2D eigenvalue weighted by Crippen LogP contribution is 2.29. The van der Waals surface area contributed by atoms with E-state index in [2.05, 4.69) is 6.07 Å². The van der Waals surface area contributed by atoms with Crippen LogP contribution in [0.4, 0.5) is 11.4 Å². The van der Waals surface area contributed by atoms with Gasteiger partial charge < -0.3 is 10.6 Å². The number of nitrogens with zero attached hydrogens (tertiary/aromatic N) is 1. The molecule has 1 amide bonds. The number of carbonyl (C=O) groups excluding carboxylic acids is 1. The van der Waals surface area contributed by atoms with Gasteiger partial charge in [0.15, 0.2) is 0 Å². The zero-order valence-electron chi connectivity index (χ0n) is 12.3. The number of anilines is 2. The Morgan fingerprint density at radius 3 is 2.90 bits per heavy atom. The molecule has 0 unspecified atom stereocenters. The molecule has 1 aliphatic heterocycles. The first-order valence-electron chi connectivity index (χ1n) is 7.38. The van der Waals surface area contributed by atoms with Gasteiger partial charge in [0.25, 0.3) is 0 Å². The second-order valence-electron chi connectivity index (χ2n) is 5.70. The molecule has 1 aliphatic rings. The number of hydrogen-bond donors (Lipinski definition) is 1. The summed E-state index contributed by atoms with van der Waals surface area (Å²) in [7, 11) is 0. The molecule has 0 fully saturated rings. The normalized spacial score (nSPS) is 13.9. The van der Waals surface area contributed by atoms with Crippen molar-refractivity contribution in [3.8, 4) is 0 Å². The lowest BCUT2D eigenvalue weighted by atomic mass is 10.00. The monoisotopic (exact) mass is 280 g/mol. The fraction of sp³-hybridized carbons (Fsp3) is 0.278. The largest absolute Gasteiger partial charge is 0.399 e. The third-order valence-electron chi connectivity index (χ3n) is 3.97. The maximum Gasteiger partial charge on any atom is 0.231 e. The highest BCUT2D eigenvalue weighted by molar-refractivity contribution is 5.96. The number of carbonyl (C=O) groups is 1. The molecule has 0 aliphatic carbocycles. The SMILES string of the molecule is Cc1cccc(CC(=O)N2CCCc3ccc(N)cc32)c1. The van der Waals surface area contributed by atoms with E-state index < -0.39 is 0 Å². The quantitative estimate of drug-likeness (QED) is 0.859. The van der Waals surface area contributed by atoms with E-state index in [9.17, 15) is 4.79 Å². The van der Waals surface area contributed by atoms with Crippen LogP contribution in [0.1, 0.15) is 23.1 Å². The van der Waals surface area contributed by atoms with Crippen molar-refractivity contribution in [1.29, 1.82) is 0 Å². The van der Waals surface area contributed by atoms with Crippen LogP contribution >= 0.6 is 0 Å². The van der Waals surface area contributed by atoms with Crippen LogP contribution in [0, 0.1) is 6.92 Å². The molecule has 3 heteroatoms. The Kier molecular flexibility index (Phi) is 3.65. The third-order valence-corrected chi connectivity index (χ3v) is 3.97. The van der Waals surface area contributed by atoms with Gasteiger partial charge in [-0.05, 0) is 43.0 Å². The van der Waals surface area contributed by atoms with Crippen LogP contribution in [-0.4, -0.2) is 12.5 Å². The highest BCUT2D eigenvalue weighted by atomic mass is 16.2. The van der Waals surface area contributed by atoms with E-state index in [0.29, 0.717) is 12.1 Å². The number of fused-ring (bicyclic) bond motifs is 1. The van der Waals surface area contributed by atoms with Crippen molar-refractivity contribution in [2.24, 2.45) is 0 Å². The fourth-order valence-electron chi connectivity index (χ4n) is 2.94. The van der Waals surface area contributed by atoms with Gasteiger partial charge >= 0.3 is 0 Å². The molecule has 3 rings (SSSR count). The first-order valence-corrected chi connectivity index (χ1v) is 7.38. The number of nitrogens with two attached hydrogens (primary N) is 1. The van der Waals surface area contributed by atoms with Crippen molar-refractivity contribution in [2.45, 2.75) is 26.2 Å². The number of nitrogen functional groups attached to an aromatic ring is 1. The first-order chi connectivity index (χ1) is 10.1. The van der Waals surface area contributed by atoms with Crippen molar-refractivity contribution in [1.82, 2.24) is 0 Å². The molecule has 0 bridgehead atoms. The van der Waals surface area contributed by atoms with E-state index >= 15 is 0 Å². The number of hydrogen-bond acceptors (Lipinski definition) is 2. The standard InChI is InChI=1S/C18H20N2O/c1-13-4-2-5-14(10-13)11-18(21)20-9-3-6-15-7-8-16(19)12-17(15)20/h2,4-5,7-8,10,12H,3,6,9,11,19H2,1H3.